The van der Waals surface area contributed by atoms with Gasteiger partial charge in [0.2, 0.25) is 0 Å². The number of para-hydroxylation sites is 1. The van der Waals surface area contributed by atoms with Gasteiger partial charge in [-0.2, -0.15) is 0 Å². The standard InChI is InChI=1S/C24H15FN2OS/c25-20-11-5-6-12-21(20)26-24-27-23(28)22(29-24)14-19-17-9-3-1-7-15(17)13-16-8-2-4-10-18(16)19/h1-14H,(H,26,27,28)/b22-14-. The molecule has 140 valence electrons. The van der Waals surface area contributed by atoms with E-state index in [2.05, 4.69) is 40.6 Å². The van der Waals surface area contributed by atoms with Crippen molar-refractivity contribution >= 4 is 56.1 Å². The molecular weight excluding hydrogens is 383 g/mol. The number of amides is 1. The van der Waals surface area contributed by atoms with E-state index in [1.165, 1.54) is 17.8 Å². The zero-order valence-electron chi connectivity index (χ0n) is 15.2. The Morgan fingerprint density at radius 2 is 1.48 bits per heavy atom. The molecule has 0 aromatic heterocycles. The van der Waals surface area contributed by atoms with Gasteiger partial charge in [0.05, 0.1) is 4.91 Å². The molecule has 4 aromatic rings. The highest BCUT2D eigenvalue weighted by Gasteiger charge is 2.24. The minimum absolute atomic E-state index is 0.201. The first-order valence-electron chi connectivity index (χ1n) is 9.14. The van der Waals surface area contributed by atoms with Gasteiger partial charge in [-0.25, -0.2) is 9.38 Å². The van der Waals surface area contributed by atoms with Crippen molar-refractivity contribution in [2.24, 2.45) is 4.99 Å². The lowest BCUT2D eigenvalue weighted by molar-refractivity contribution is -0.115. The summed E-state index contributed by atoms with van der Waals surface area (Å²) >= 11 is 1.22. The molecule has 1 saturated heterocycles. The first-order valence-corrected chi connectivity index (χ1v) is 9.95. The van der Waals surface area contributed by atoms with Crippen LogP contribution >= 0.6 is 11.8 Å². The monoisotopic (exact) mass is 398 g/mol. The predicted molar refractivity (Wildman–Crippen MR) is 119 cm³/mol. The van der Waals surface area contributed by atoms with Crippen molar-refractivity contribution in [3.63, 3.8) is 0 Å². The summed E-state index contributed by atoms with van der Waals surface area (Å²) in [5.74, 6) is -0.658. The second kappa shape index (κ2) is 7.18. The number of aliphatic imine (C=N–C) groups is 1. The maximum absolute atomic E-state index is 13.9. The Hall–Kier alpha value is -3.44. The number of hydrogen-bond acceptors (Lipinski definition) is 3. The van der Waals surface area contributed by atoms with Crippen LogP contribution in [0.15, 0.2) is 88.8 Å². The Kier molecular flexibility index (Phi) is 4.37. The fraction of sp³-hybridized carbons (Fsp3) is 0. The molecule has 5 heteroatoms. The first-order chi connectivity index (χ1) is 14.2. The minimum Gasteiger partial charge on any atom is -0.300 e. The molecule has 1 amide bonds. The van der Waals surface area contributed by atoms with E-state index < -0.39 is 5.82 Å². The van der Waals surface area contributed by atoms with Crippen LogP contribution in [0.3, 0.4) is 0 Å². The zero-order valence-corrected chi connectivity index (χ0v) is 16.0. The molecule has 0 atom stereocenters. The second-order valence-electron chi connectivity index (χ2n) is 6.67. The number of halogens is 1. The molecule has 0 bridgehead atoms. The van der Waals surface area contributed by atoms with Crippen LogP contribution < -0.4 is 5.32 Å². The molecule has 5 rings (SSSR count). The largest absolute Gasteiger partial charge is 0.300 e. The van der Waals surface area contributed by atoms with Crippen molar-refractivity contribution in [1.82, 2.24) is 5.32 Å². The number of thioether (sulfide) groups is 1. The van der Waals surface area contributed by atoms with Gasteiger partial charge in [-0.1, -0.05) is 60.7 Å². The molecular formula is C24H15FN2OS. The van der Waals surface area contributed by atoms with Crippen molar-refractivity contribution in [2.75, 3.05) is 0 Å². The van der Waals surface area contributed by atoms with E-state index in [0.29, 0.717) is 10.1 Å². The number of benzene rings is 4. The molecule has 29 heavy (non-hydrogen) atoms. The van der Waals surface area contributed by atoms with E-state index in [9.17, 15) is 9.18 Å². The third-order valence-electron chi connectivity index (χ3n) is 4.81. The summed E-state index contributed by atoms with van der Waals surface area (Å²) < 4.78 is 13.9. The number of nitrogens with zero attached hydrogens (tertiary/aromatic N) is 1. The number of fused-ring (bicyclic) bond motifs is 2. The summed E-state index contributed by atoms with van der Waals surface area (Å²) in [6.45, 7) is 0. The molecule has 0 unspecified atom stereocenters. The van der Waals surface area contributed by atoms with Crippen LogP contribution in [0.2, 0.25) is 0 Å². The molecule has 1 aliphatic heterocycles. The van der Waals surface area contributed by atoms with E-state index in [1.54, 1.807) is 18.2 Å². The lowest BCUT2D eigenvalue weighted by Gasteiger charge is -2.08. The van der Waals surface area contributed by atoms with Crippen molar-refractivity contribution < 1.29 is 9.18 Å². The van der Waals surface area contributed by atoms with Crippen LogP contribution in [0, 0.1) is 5.82 Å². The molecule has 1 aliphatic rings. The van der Waals surface area contributed by atoms with Gasteiger partial charge in [0.15, 0.2) is 5.17 Å². The van der Waals surface area contributed by atoms with Crippen LogP contribution in [0.25, 0.3) is 27.6 Å². The highest BCUT2D eigenvalue weighted by atomic mass is 32.2. The highest BCUT2D eigenvalue weighted by molar-refractivity contribution is 8.18. The average Bonchev–Trinajstić information content (AvgIpc) is 3.08. The molecule has 4 aromatic carbocycles. The molecule has 3 nitrogen and oxygen atoms in total. The second-order valence-corrected chi connectivity index (χ2v) is 7.70. The van der Waals surface area contributed by atoms with Crippen LogP contribution in [0.1, 0.15) is 5.56 Å². The van der Waals surface area contributed by atoms with E-state index in [0.717, 1.165) is 27.1 Å². The van der Waals surface area contributed by atoms with E-state index >= 15 is 0 Å². The van der Waals surface area contributed by atoms with Gasteiger partial charge in [0.25, 0.3) is 5.91 Å². The number of amidine groups is 1. The Morgan fingerprint density at radius 1 is 0.862 bits per heavy atom. The topological polar surface area (TPSA) is 41.5 Å². The Balaban J connectivity index is 1.63. The fourth-order valence-corrected chi connectivity index (χ4v) is 4.28. The molecule has 0 aliphatic carbocycles. The van der Waals surface area contributed by atoms with Crippen LogP contribution in [-0.2, 0) is 4.79 Å². The Morgan fingerprint density at radius 3 is 2.17 bits per heavy atom. The molecule has 1 fully saturated rings. The van der Waals surface area contributed by atoms with Gasteiger partial charge in [-0.15, -0.1) is 0 Å². The minimum atomic E-state index is -0.424. The number of carbonyl (C=O) groups excluding carboxylic acids is 1. The van der Waals surface area contributed by atoms with Gasteiger partial charge < -0.3 is 5.32 Å². The zero-order chi connectivity index (χ0) is 19.8. The summed E-state index contributed by atoms with van der Waals surface area (Å²) in [6.07, 6.45) is 1.90. The number of carbonyl (C=O) groups is 1. The van der Waals surface area contributed by atoms with Crippen LogP contribution in [-0.4, -0.2) is 11.1 Å². The smallest absolute Gasteiger partial charge is 0.264 e. The van der Waals surface area contributed by atoms with Crippen molar-refractivity contribution in [1.29, 1.82) is 0 Å². The fourth-order valence-electron chi connectivity index (χ4n) is 3.47. The maximum Gasteiger partial charge on any atom is 0.264 e. The van der Waals surface area contributed by atoms with Gasteiger partial charge in [0, 0.05) is 0 Å². The van der Waals surface area contributed by atoms with Crippen molar-refractivity contribution in [3.8, 4) is 0 Å². The lowest BCUT2D eigenvalue weighted by atomic mass is 9.96. The van der Waals surface area contributed by atoms with Gasteiger partial charge in [0.1, 0.15) is 11.5 Å². The lowest BCUT2D eigenvalue weighted by Crippen LogP contribution is -2.19. The molecule has 0 spiro atoms. The van der Waals surface area contributed by atoms with E-state index in [1.807, 2.05) is 30.3 Å². The summed E-state index contributed by atoms with van der Waals surface area (Å²) in [5, 5.41) is 7.48. The SMILES string of the molecule is O=C1NC(=Nc2ccccc2F)S/C1=C\c1c2ccccc2cc2ccccc12. The van der Waals surface area contributed by atoms with E-state index in [4.69, 9.17) is 0 Å². The quantitative estimate of drug-likeness (QED) is 0.331. The Bertz CT molecular complexity index is 1290. The summed E-state index contributed by atoms with van der Waals surface area (Å²) in [6, 6.07) is 24.6. The predicted octanol–water partition coefficient (Wildman–Crippen LogP) is 6.02. The molecule has 1 N–H and O–H groups in total. The summed E-state index contributed by atoms with van der Waals surface area (Å²) in [4.78, 5) is 17.3. The third-order valence-corrected chi connectivity index (χ3v) is 5.72. The highest BCUT2D eigenvalue weighted by Crippen LogP contribution is 2.34. The summed E-state index contributed by atoms with van der Waals surface area (Å²) in [5.41, 5.74) is 1.19. The van der Waals surface area contributed by atoms with Crippen molar-refractivity contribution in [2.45, 2.75) is 0 Å². The van der Waals surface area contributed by atoms with Gasteiger partial charge >= 0.3 is 0 Å². The molecule has 1 heterocycles. The number of nitrogens with one attached hydrogen (secondary N) is 1. The van der Waals surface area contributed by atoms with Crippen LogP contribution in [0.4, 0.5) is 10.1 Å². The van der Waals surface area contributed by atoms with Crippen molar-refractivity contribution in [3.05, 3.63) is 95.1 Å². The first kappa shape index (κ1) is 17.6. The third kappa shape index (κ3) is 3.30. The van der Waals surface area contributed by atoms with Gasteiger partial charge in [-0.05, 0) is 63.1 Å². The number of hydrogen-bond donors (Lipinski definition) is 1. The maximum atomic E-state index is 13.9. The van der Waals surface area contributed by atoms with E-state index in [-0.39, 0.29) is 11.6 Å². The van der Waals surface area contributed by atoms with Gasteiger partial charge in [-0.3, -0.25) is 4.79 Å². The number of rotatable bonds is 2. The molecule has 0 radical (unpaired) electrons. The summed E-state index contributed by atoms with van der Waals surface area (Å²) in [7, 11) is 0. The average molecular weight is 398 g/mol. The molecule has 0 saturated carbocycles. The Labute approximate surface area is 171 Å². The normalized spacial score (nSPS) is 16.8. The van der Waals surface area contributed by atoms with Crippen LogP contribution in [0.5, 0.6) is 0 Å².